The molecule has 0 aliphatic carbocycles. The molecule has 0 spiro atoms. The molecule has 0 aliphatic rings. The highest BCUT2D eigenvalue weighted by atomic mass is 32.2. The number of sulfone groups is 1. The molecule has 1 aromatic rings. The van der Waals surface area contributed by atoms with Gasteiger partial charge in [0.15, 0.2) is 9.84 Å². The van der Waals surface area contributed by atoms with Gasteiger partial charge in [-0.15, -0.1) is 0 Å². The first-order valence-electron chi connectivity index (χ1n) is 4.17. The van der Waals surface area contributed by atoms with Crippen molar-refractivity contribution in [3.8, 4) is 0 Å². The molecular formula is C9H12BNO2S. The minimum absolute atomic E-state index is 0.509. The van der Waals surface area contributed by atoms with Gasteiger partial charge in [-0.05, 0) is 19.9 Å². The average molecular weight is 209 g/mol. The number of pyridine rings is 1. The summed E-state index contributed by atoms with van der Waals surface area (Å²) in [7, 11) is 2.30. The largest absolute Gasteiger partial charge is 0.260 e. The maximum absolute atomic E-state index is 11.5. The van der Waals surface area contributed by atoms with Gasteiger partial charge in [-0.1, -0.05) is 11.5 Å². The molecule has 0 unspecified atom stereocenters. The zero-order valence-corrected chi connectivity index (χ0v) is 9.30. The second-order valence-electron chi connectivity index (χ2n) is 3.76. The first-order chi connectivity index (χ1) is 6.25. The Morgan fingerprint density at radius 1 is 1.36 bits per heavy atom. The Kier molecular flexibility index (Phi) is 2.72. The number of hydrogen-bond acceptors (Lipinski definition) is 3. The van der Waals surface area contributed by atoms with Crippen LogP contribution in [-0.4, -0.2) is 27.5 Å². The van der Waals surface area contributed by atoms with Gasteiger partial charge in [-0.2, -0.15) is 0 Å². The fraction of sp³-hybridized carbons (Fsp3) is 0.444. The zero-order chi connectivity index (χ0) is 11.0. The topological polar surface area (TPSA) is 47.0 Å². The van der Waals surface area contributed by atoms with Gasteiger partial charge in [0, 0.05) is 12.5 Å². The Morgan fingerprint density at radius 2 is 1.93 bits per heavy atom. The highest BCUT2D eigenvalue weighted by Crippen LogP contribution is 2.26. The van der Waals surface area contributed by atoms with E-state index < -0.39 is 14.6 Å². The molecule has 74 valence electrons. The van der Waals surface area contributed by atoms with E-state index in [1.165, 1.54) is 12.5 Å². The molecule has 0 saturated carbocycles. The Labute approximate surface area is 85.9 Å². The molecule has 5 heteroatoms. The van der Waals surface area contributed by atoms with E-state index in [1.54, 1.807) is 26.0 Å². The molecule has 0 N–H and O–H groups in total. The van der Waals surface area contributed by atoms with Crippen LogP contribution < -0.4 is 5.46 Å². The number of rotatable bonds is 2. The molecule has 1 rings (SSSR count). The summed E-state index contributed by atoms with van der Waals surface area (Å²) >= 11 is 0. The van der Waals surface area contributed by atoms with Gasteiger partial charge in [-0.3, -0.25) is 4.98 Å². The van der Waals surface area contributed by atoms with Gasteiger partial charge in [0.2, 0.25) is 0 Å². The molecule has 2 radical (unpaired) electrons. The predicted molar refractivity (Wildman–Crippen MR) is 57.5 cm³/mol. The lowest BCUT2D eigenvalue weighted by molar-refractivity contribution is 0.556. The number of aromatic nitrogens is 1. The highest BCUT2D eigenvalue weighted by Gasteiger charge is 2.33. The van der Waals surface area contributed by atoms with Gasteiger partial charge in [0.05, 0.1) is 5.69 Å². The fourth-order valence-electron chi connectivity index (χ4n) is 0.951. The molecule has 1 heterocycles. The summed E-state index contributed by atoms with van der Waals surface area (Å²) in [6.07, 6.45) is 2.66. The maximum atomic E-state index is 11.5. The fourth-order valence-corrected chi connectivity index (χ4v) is 1.45. The van der Waals surface area contributed by atoms with Crippen LogP contribution >= 0.6 is 0 Å². The van der Waals surface area contributed by atoms with Crippen molar-refractivity contribution in [2.24, 2.45) is 0 Å². The molecule has 0 fully saturated rings. The minimum Gasteiger partial charge on any atom is -0.260 e. The van der Waals surface area contributed by atoms with Crippen LogP contribution in [0.4, 0.5) is 0 Å². The summed E-state index contributed by atoms with van der Waals surface area (Å²) in [5.41, 5.74) is 1.03. The van der Waals surface area contributed by atoms with E-state index in [9.17, 15) is 8.42 Å². The van der Waals surface area contributed by atoms with E-state index in [-0.39, 0.29) is 0 Å². The number of nitrogens with zero attached hydrogens (tertiary/aromatic N) is 1. The molecule has 0 atom stereocenters. The van der Waals surface area contributed by atoms with Crippen molar-refractivity contribution in [1.29, 1.82) is 0 Å². The first kappa shape index (κ1) is 11.2. The van der Waals surface area contributed by atoms with Gasteiger partial charge in [-0.25, -0.2) is 8.42 Å². The molecule has 3 nitrogen and oxygen atoms in total. The molecule has 1 aromatic heterocycles. The van der Waals surface area contributed by atoms with Crippen LogP contribution in [0.3, 0.4) is 0 Å². The summed E-state index contributed by atoms with van der Waals surface area (Å²) in [6, 6.07) is 3.28. The third kappa shape index (κ3) is 1.98. The van der Waals surface area contributed by atoms with Crippen LogP contribution in [0.25, 0.3) is 0 Å². The Balaban J connectivity index is 3.24. The van der Waals surface area contributed by atoms with Crippen LogP contribution in [0.15, 0.2) is 18.3 Å². The van der Waals surface area contributed by atoms with Crippen LogP contribution in [-0.2, 0) is 14.6 Å². The molecule has 0 amide bonds. The summed E-state index contributed by atoms with van der Waals surface area (Å²) < 4.78 is 22.0. The van der Waals surface area contributed by atoms with Crippen molar-refractivity contribution in [2.45, 2.75) is 18.6 Å². The Hall–Kier alpha value is -0.835. The first-order valence-corrected chi connectivity index (χ1v) is 6.06. The third-order valence-corrected chi connectivity index (χ3v) is 4.39. The van der Waals surface area contributed by atoms with Gasteiger partial charge in [0.25, 0.3) is 0 Å². The quantitative estimate of drug-likeness (QED) is 0.651. The summed E-state index contributed by atoms with van der Waals surface area (Å²) in [5.74, 6) is 0. The predicted octanol–water partition coefficient (Wildman–Crippen LogP) is 0.155. The van der Waals surface area contributed by atoms with Gasteiger partial charge >= 0.3 is 0 Å². The second-order valence-corrected chi connectivity index (χ2v) is 6.32. The minimum atomic E-state index is -3.17. The van der Waals surface area contributed by atoms with E-state index in [0.29, 0.717) is 11.2 Å². The summed E-state index contributed by atoms with van der Waals surface area (Å²) in [5, 5.41) is 0. The lowest BCUT2D eigenvalue weighted by Gasteiger charge is -2.21. The van der Waals surface area contributed by atoms with Gasteiger partial charge < -0.3 is 0 Å². The Morgan fingerprint density at radius 3 is 2.29 bits per heavy atom. The summed E-state index contributed by atoms with van der Waals surface area (Å²) in [4.78, 5) is 4.01. The normalized spacial score (nSPS) is 12.8. The van der Waals surface area contributed by atoms with Crippen molar-refractivity contribution in [3.05, 3.63) is 24.0 Å². The standard InChI is InChI=1S/C9H12BNO2S/c1-9(2,14(3,12)13)8-5-4-7(10)6-11-8/h4-6H,1-3H3. The van der Waals surface area contributed by atoms with Crippen molar-refractivity contribution >= 4 is 23.1 Å². The molecule has 0 saturated heterocycles. The van der Waals surface area contributed by atoms with E-state index in [4.69, 9.17) is 7.85 Å². The van der Waals surface area contributed by atoms with Gasteiger partial charge in [0.1, 0.15) is 12.6 Å². The molecule has 0 aliphatic heterocycles. The molecular weight excluding hydrogens is 197 g/mol. The summed E-state index contributed by atoms with van der Waals surface area (Å²) in [6.45, 7) is 3.25. The van der Waals surface area contributed by atoms with Crippen molar-refractivity contribution in [2.75, 3.05) is 6.26 Å². The lowest BCUT2D eigenvalue weighted by Crippen LogP contribution is -2.29. The van der Waals surface area contributed by atoms with Crippen LogP contribution in [0.1, 0.15) is 19.5 Å². The average Bonchev–Trinajstić information content (AvgIpc) is 2.03. The van der Waals surface area contributed by atoms with Crippen LogP contribution in [0, 0.1) is 0 Å². The third-order valence-electron chi connectivity index (χ3n) is 2.33. The molecule has 0 bridgehead atoms. The molecule has 14 heavy (non-hydrogen) atoms. The van der Waals surface area contributed by atoms with Crippen molar-refractivity contribution < 1.29 is 8.42 Å². The van der Waals surface area contributed by atoms with Crippen molar-refractivity contribution in [3.63, 3.8) is 0 Å². The Bertz CT molecular complexity index is 423. The second kappa shape index (κ2) is 3.39. The highest BCUT2D eigenvalue weighted by molar-refractivity contribution is 7.91. The lowest BCUT2D eigenvalue weighted by atomic mass is 9.97. The number of hydrogen-bond donors (Lipinski definition) is 0. The molecule has 0 aromatic carbocycles. The van der Waals surface area contributed by atoms with Crippen LogP contribution in [0.5, 0.6) is 0 Å². The van der Waals surface area contributed by atoms with E-state index >= 15 is 0 Å². The smallest absolute Gasteiger partial charge is 0.158 e. The maximum Gasteiger partial charge on any atom is 0.158 e. The van der Waals surface area contributed by atoms with E-state index in [2.05, 4.69) is 4.98 Å². The monoisotopic (exact) mass is 209 g/mol. The van der Waals surface area contributed by atoms with E-state index in [1.807, 2.05) is 0 Å². The van der Waals surface area contributed by atoms with Crippen LogP contribution in [0.2, 0.25) is 0 Å². The van der Waals surface area contributed by atoms with Crippen molar-refractivity contribution in [1.82, 2.24) is 4.98 Å². The zero-order valence-electron chi connectivity index (χ0n) is 8.48. The van der Waals surface area contributed by atoms with E-state index in [0.717, 1.165) is 0 Å². The SMILES string of the molecule is [B]c1ccc(C(C)(C)S(C)(=O)=O)nc1.